The van der Waals surface area contributed by atoms with Gasteiger partial charge in [0.25, 0.3) is 0 Å². The topological polar surface area (TPSA) is 30.7 Å². The molecule has 0 aliphatic carbocycles. The molecule has 0 spiro atoms. The summed E-state index contributed by atoms with van der Waals surface area (Å²) in [4.78, 5) is 8.81. The van der Waals surface area contributed by atoms with Crippen LogP contribution in [0.1, 0.15) is 5.69 Å². The Morgan fingerprint density at radius 1 is 0.710 bits per heavy atom. The van der Waals surface area contributed by atoms with Crippen molar-refractivity contribution in [2.75, 3.05) is 0 Å². The fourth-order valence-electron chi connectivity index (χ4n) is 3.08. The Labute approximate surface area is 196 Å². The number of rotatable bonds is 3. The molecule has 2 aromatic heterocycles. The van der Waals surface area contributed by atoms with E-state index in [1.165, 1.54) is 0 Å². The summed E-state index contributed by atoms with van der Waals surface area (Å²) in [7, 11) is 0. The van der Waals surface area contributed by atoms with Crippen molar-refractivity contribution in [2.45, 2.75) is 6.92 Å². The van der Waals surface area contributed by atoms with Gasteiger partial charge in [-0.2, -0.15) is 0 Å². The normalized spacial score (nSPS) is 9.84. The summed E-state index contributed by atoms with van der Waals surface area (Å²) in [6.45, 7) is 2.01. The molecule has 0 unspecified atom stereocenters. The maximum absolute atomic E-state index is 4.59. The molecule has 5 aromatic rings. The molecule has 0 aliphatic heterocycles. The summed E-state index contributed by atoms with van der Waals surface area (Å²) in [6.07, 6.45) is 3.84. The minimum absolute atomic E-state index is 0. The van der Waals surface area contributed by atoms with Crippen LogP contribution < -0.4 is 0 Å². The Balaban J connectivity index is 0.000000183. The van der Waals surface area contributed by atoms with Crippen LogP contribution in [0.5, 0.6) is 0 Å². The van der Waals surface area contributed by atoms with Gasteiger partial charge in [0.1, 0.15) is 0 Å². The molecule has 31 heavy (non-hydrogen) atoms. The van der Waals surface area contributed by atoms with Gasteiger partial charge in [-0.1, -0.05) is 30.3 Å². The van der Waals surface area contributed by atoms with Gasteiger partial charge >= 0.3 is 0 Å². The fraction of sp³-hybridized carbons (Fsp3) is 0.0370. The number of imidazole rings is 1. The van der Waals surface area contributed by atoms with Crippen LogP contribution in [0, 0.1) is 19.1 Å². The molecule has 0 bridgehead atoms. The zero-order chi connectivity index (χ0) is 20.6. The number of aryl methyl sites for hydroxylation is 1. The molecule has 3 aromatic carbocycles. The zero-order valence-electron chi connectivity index (χ0n) is 17.1. The van der Waals surface area contributed by atoms with E-state index in [1.807, 2.05) is 98.0 Å². The van der Waals surface area contributed by atoms with Gasteiger partial charge < -0.3 is 9.55 Å². The third-order valence-electron chi connectivity index (χ3n) is 4.46. The van der Waals surface area contributed by atoms with Crippen LogP contribution in [-0.4, -0.2) is 14.5 Å². The van der Waals surface area contributed by atoms with E-state index in [1.54, 1.807) is 6.20 Å². The minimum Gasteiger partial charge on any atom is -0.340 e. The van der Waals surface area contributed by atoms with Gasteiger partial charge in [0.15, 0.2) is 0 Å². The van der Waals surface area contributed by atoms with E-state index in [0.717, 1.165) is 34.0 Å². The first kappa shape index (κ1) is 22.4. The number of nitrogens with zero attached hydrogens (tertiary/aromatic N) is 3. The Kier molecular flexibility index (Phi) is 8.05. The van der Waals surface area contributed by atoms with Crippen molar-refractivity contribution in [3.63, 3.8) is 0 Å². The van der Waals surface area contributed by atoms with Crippen molar-refractivity contribution in [1.29, 1.82) is 0 Å². The number of pyridine rings is 1. The van der Waals surface area contributed by atoms with Crippen molar-refractivity contribution in [3.8, 4) is 28.3 Å². The predicted octanol–water partition coefficient (Wildman–Crippen LogP) is 6.19. The molecule has 155 valence electrons. The largest absolute Gasteiger partial charge is 0.340 e. The summed E-state index contributed by atoms with van der Waals surface area (Å²) < 4.78 is 2.10. The van der Waals surface area contributed by atoms with Gasteiger partial charge in [0, 0.05) is 43.9 Å². The van der Waals surface area contributed by atoms with Gasteiger partial charge in [-0.3, -0.25) is 4.98 Å². The summed E-state index contributed by atoms with van der Waals surface area (Å²) in [5, 5.41) is 0. The Morgan fingerprint density at radius 3 is 1.97 bits per heavy atom. The van der Waals surface area contributed by atoms with Crippen LogP contribution in [0.25, 0.3) is 28.3 Å². The van der Waals surface area contributed by atoms with E-state index >= 15 is 0 Å². The van der Waals surface area contributed by atoms with Crippen molar-refractivity contribution in [2.24, 2.45) is 0 Å². The van der Waals surface area contributed by atoms with E-state index in [-0.39, 0.29) is 20.1 Å². The first-order valence-electron chi connectivity index (χ1n) is 9.78. The third kappa shape index (κ3) is 5.85. The molecule has 0 saturated carbocycles. The summed E-state index contributed by atoms with van der Waals surface area (Å²) >= 11 is 0. The second-order valence-corrected chi connectivity index (χ2v) is 6.68. The van der Waals surface area contributed by atoms with Crippen LogP contribution in [-0.2, 0) is 20.1 Å². The van der Waals surface area contributed by atoms with E-state index < -0.39 is 0 Å². The third-order valence-corrected chi connectivity index (χ3v) is 4.46. The Hall–Kier alpha value is -3.33. The van der Waals surface area contributed by atoms with Crippen LogP contribution in [0.15, 0.2) is 109 Å². The number of para-hydroxylation sites is 1. The van der Waals surface area contributed by atoms with Crippen molar-refractivity contribution in [1.82, 2.24) is 14.5 Å². The molecular formula is C27H21IrN3-2. The van der Waals surface area contributed by atoms with Crippen molar-refractivity contribution in [3.05, 3.63) is 127 Å². The van der Waals surface area contributed by atoms with E-state index in [9.17, 15) is 0 Å². The molecule has 1 radical (unpaired) electrons. The molecule has 2 heterocycles. The van der Waals surface area contributed by atoms with E-state index in [4.69, 9.17) is 0 Å². The second kappa shape index (κ2) is 11.2. The zero-order valence-corrected chi connectivity index (χ0v) is 19.5. The Bertz CT molecular complexity index is 1080. The maximum atomic E-state index is 4.59. The molecule has 0 saturated heterocycles. The summed E-state index contributed by atoms with van der Waals surface area (Å²) in [5.41, 5.74) is 5.14. The molecule has 4 heteroatoms. The smallest absolute Gasteiger partial charge is 0.0606 e. The molecule has 0 atom stereocenters. The first-order valence-corrected chi connectivity index (χ1v) is 9.78. The second-order valence-electron chi connectivity index (χ2n) is 6.68. The fourth-order valence-corrected chi connectivity index (χ4v) is 3.08. The summed E-state index contributed by atoms with van der Waals surface area (Å²) in [5.74, 6) is 0.930. The molecule has 0 amide bonds. The average molecular weight is 580 g/mol. The first-order chi connectivity index (χ1) is 14.8. The van der Waals surface area contributed by atoms with Crippen LogP contribution in [0.4, 0.5) is 0 Å². The van der Waals surface area contributed by atoms with Crippen molar-refractivity contribution >= 4 is 0 Å². The Morgan fingerprint density at radius 2 is 1.35 bits per heavy atom. The molecule has 0 fully saturated rings. The number of hydrogen-bond acceptors (Lipinski definition) is 2. The van der Waals surface area contributed by atoms with Crippen LogP contribution in [0.3, 0.4) is 0 Å². The van der Waals surface area contributed by atoms with Gasteiger partial charge in [0.2, 0.25) is 0 Å². The van der Waals surface area contributed by atoms with Crippen molar-refractivity contribution < 1.29 is 20.1 Å². The van der Waals surface area contributed by atoms with Crippen LogP contribution in [0.2, 0.25) is 0 Å². The number of aromatic nitrogens is 3. The van der Waals surface area contributed by atoms with Crippen LogP contribution >= 0.6 is 0 Å². The predicted molar refractivity (Wildman–Crippen MR) is 121 cm³/mol. The van der Waals surface area contributed by atoms with E-state index in [2.05, 4.69) is 38.8 Å². The molecule has 5 rings (SSSR count). The van der Waals surface area contributed by atoms with Gasteiger partial charge in [-0.25, -0.2) is 0 Å². The quantitative estimate of drug-likeness (QED) is 0.239. The molecule has 0 N–H and O–H groups in total. The monoisotopic (exact) mass is 580 g/mol. The number of hydrogen-bond donors (Lipinski definition) is 0. The van der Waals surface area contributed by atoms with E-state index in [0.29, 0.717) is 0 Å². The van der Waals surface area contributed by atoms with Gasteiger partial charge in [0.05, 0.1) is 5.82 Å². The molecule has 0 aliphatic rings. The molecule has 3 nitrogen and oxygen atoms in total. The average Bonchev–Trinajstić information content (AvgIpc) is 3.23. The standard InChI is InChI=1S/C16H13N2.C11H8N.Ir/c1-13-12-18(15-10-6-3-7-11-15)16(17-13)14-8-4-2-5-9-14;1-2-6-10(7-3-1)11-8-4-5-9-12-11;/h2-8,10-12H,1H3;1-6,8-9H;/q2*-1;. The number of benzene rings is 3. The van der Waals surface area contributed by atoms with Gasteiger partial charge in [-0.05, 0) is 30.8 Å². The van der Waals surface area contributed by atoms with Gasteiger partial charge in [-0.15, -0.1) is 71.8 Å². The SMILES string of the molecule is Cc1cn(-c2ccccc2)c(-c2[c-]cccc2)n1.[Ir].[c-]1ccccc1-c1ccccn1. The summed E-state index contributed by atoms with van der Waals surface area (Å²) in [6, 6.07) is 38.2. The maximum Gasteiger partial charge on any atom is 0.0606 e. The minimum atomic E-state index is 0. The molecular weight excluding hydrogens is 559 g/mol.